The topological polar surface area (TPSA) is 29.5 Å². The third kappa shape index (κ3) is 3.09. The number of amides is 1. The van der Waals surface area contributed by atoms with Gasteiger partial charge in [0.1, 0.15) is 17.1 Å². The zero-order valence-corrected chi connectivity index (χ0v) is 10.6. The third-order valence-electron chi connectivity index (χ3n) is 2.43. The number of carbonyl (C=O) groups excluding carboxylic acids is 1. The summed E-state index contributed by atoms with van der Waals surface area (Å²) in [6.07, 6.45) is 0. The summed E-state index contributed by atoms with van der Waals surface area (Å²) in [7, 11) is 1.41. The van der Waals surface area contributed by atoms with Gasteiger partial charge in [0.2, 0.25) is 0 Å². The number of ether oxygens (including phenoxy) is 1. The molecule has 0 aliphatic heterocycles. The maximum atomic E-state index is 13.7. The van der Waals surface area contributed by atoms with Crippen molar-refractivity contribution in [3.8, 4) is 5.75 Å². The fourth-order valence-corrected chi connectivity index (χ4v) is 1.75. The molecule has 1 amide bonds. The Morgan fingerprint density at radius 3 is 2.76 bits per heavy atom. The summed E-state index contributed by atoms with van der Waals surface area (Å²) in [5, 5.41) is 0. The molecule has 0 aliphatic rings. The molecule has 0 unspecified atom stereocenters. The van der Waals surface area contributed by atoms with Crippen LogP contribution in [0.15, 0.2) is 18.2 Å². The van der Waals surface area contributed by atoms with Gasteiger partial charge in [-0.15, -0.1) is 11.6 Å². The number of alkyl halides is 1. The van der Waals surface area contributed by atoms with E-state index in [0.717, 1.165) is 0 Å². The number of methoxy groups -OCH3 is 1. The minimum Gasteiger partial charge on any atom is -0.496 e. The summed E-state index contributed by atoms with van der Waals surface area (Å²) in [6, 6.07) is 4.30. The minimum absolute atomic E-state index is 0.0398. The fourth-order valence-electron chi connectivity index (χ4n) is 1.55. The van der Waals surface area contributed by atoms with Crippen molar-refractivity contribution in [2.24, 2.45) is 0 Å². The van der Waals surface area contributed by atoms with Gasteiger partial charge < -0.3 is 9.64 Å². The molecule has 0 aliphatic carbocycles. The Labute approximate surface area is 105 Å². The zero-order valence-electron chi connectivity index (χ0n) is 9.87. The Morgan fingerprint density at radius 2 is 2.24 bits per heavy atom. The van der Waals surface area contributed by atoms with Gasteiger partial charge in [-0.1, -0.05) is 6.07 Å². The average Bonchev–Trinajstić information content (AvgIpc) is 2.34. The number of rotatable bonds is 5. The van der Waals surface area contributed by atoms with Crippen LogP contribution < -0.4 is 4.74 Å². The summed E-state index contributed by atoms with van der Waals surface area (Å²) >= 11 is 5.60. The molecule has 0 heterocycles. The van der Waals surface area contributed by atoms with E-state index in [1.54, 1.807) is 6.07 Å². The van der Waals surface area contributed by atoms with Crippen molar-refractivity contribution in [1.82, 2.24) is 4.90 Å². The highest BCUT2D eigenvalue weighted by atomic mass is 35.5. The molecule has 0 saturated heterocycles. The normalized spacial score (nSPS) is 10.1. The summed E-state index contributed by atoms with van der Waals surface area (Å²) in [5.74, 6) is -0.426. The molecular formula is C12H15ClFNO2. The van der Waals surface area contributed by atoms with Crippen LogP contribution in [0.4, 0.5) is 4.39 Å². The summed E-state index contributed by atoms with van der Waals surface area (Å²) in [4.78, 5) is 13.6. The quantitative estimate of drug-likeness (QED) is 0.761. The number of hydrogen-bond donors (Lipinski definition) is 0. The first-order chi connectivity index (χ1) is 8.15. The number of nitrogens with zero attached hydrogens (tertiary/aromatic N) is 1. The molecule has 0 saturated carbocycles. The van der Waals surface area contributed by atoms with Crippen molar-refractivity contribution in [2.75, 3.05) is 26.1 Å². The van der Waals surface area contributed by atoms with Gasteiger partial charge in [0.05, 0.1) is 7.11 Å². The van der Waals surface area contributed by atoms with E-state index >= 15 is 0 Å². The van der Waals surface area contributed by atoms with Crippen LogP contribution in [0, 0.1) is 5.82 Å². The molecule has 5 heteroatoms. The van der Waals surface area contributed by atoms with Crippen molar-refractivity contribution in [1.29, 1.82) is 0 Å². The molecule has 0 atom stereocenters. The van der Waals surface area contributed by atoms with Crippen molar-refractivity contribution in [2.45, 2.75) is 6.92 Å². The standard InChI is InChI=1S/C12H15ClFNO2/c1-3-15(8-7-13)12(16)11-9(14)5-4-6-10(11)17-2/h4-6H,3,7-8H2,1-2H3. The van der Waals surface area contributed by atoms with Crippen LogP contribution >= 0.6 is 11.6 Å². The second-order valence-electron chi connectivity index (χ2n) is 3.39. The highest BCUT2D eigenvalue weighted by Gasteiger charge is 2.21. The van der Waals surface area contributed by atoms with Crippen molar-refractivity contribution >= 4 is 17.5 Å². The number of hydrogen-bond acceptors (Lipinski definition) is 2. The highest BCUT2D eigenvalue weighted by molar-refractivity contribution is 6.18. The first-order valence-corrected chi connectivity index (χ1v) is 5.86. The van der Waals surface area contributed by atoms with E-state index in [2.05, 4.69) is 0 Å². The third-order valence-corrected chi connectivity index (χ3v) is 2.60. The molecule has 94 valence electrons. The van der Waals surface area contributed by atoms with E-state index in [0.29, 0.717) is 19.0 Å². The second kappa shape index (κ2) is 6.45. The van der Waals surface area contributed by atoms with Gasteiger partial charge in [-0.2, -0.15) is 0 Å². The highest BCUT2D eigenvalue weighted by Crippen LogP contribution is 2.22. The van der Waals surface area contributed by atoms with Crippen molar-refractivity contribution < 1.29 is 13.9 Å². The molecule has 1 aromatic carbocycles. The van der Waals surface area contributed by atoms with Crippen LogP contribution in [-0.4, -0.2) is 36.9 Å². The van der Waals surface area contributed by atoms with Gasteiger partial charge >= 0.3 is 0 Å². The van der Waals surface area contributed by atoms with E-state index in [1.165, 1.54) is 24.1 Å². The van der Waals surface area contributed by atoms with E-state index in [1.807, 2.05) is 6.92 Å². The van der Waals surface area contributed by atoms with Gasteiger partial charge in [-0.3, -0.25) is 4.79 Å². The lowest BCUT2D eigenvalue weighted by molar-refractivity contribution is 0.0765. The largest absolute Gasteiger partial charge is 0.496 e. The number of benzene rings is 1. The Bertz CT molecular complexity index is 398. The molecule has 0 spiro atoms. The zero-order chi connectivity index (χ0) is 12.8. The van der Waals surface area contributed by atoms with Gasteiger partial charge in [0, 0.05) is 19.0 Å². The van der Waals surface area contributed by atoms with E-state index in [9.17, 15) is 9.18 Å². The summed E-state index contributed by atoms with van der Waals surface area (Å²) in [6.45, 7) is 2.68. The predicted octanol–water partition coefficient (Wildman–Crippen LogP) is 2.54. The molecule has 0 radical (unpaired) electrons. The lowest BCUT2D eigenvalue weighted by atomic mass is 10.1. The number of carbonyl (C=O) groups is 1. The van der Waals surface area contributed by atoms with E-state index in [4.69, 9.17) is 16.3 Å². The first kappa shape index (κ1) is 13.8. The van der Waals surface area contributed by atoms with Crippen molar-refractivity contribution in [3.05, 3.63) is 29.6 Å². The van der Waals surface area contributed by atoms with Crippen molar-refractivity contribution in [3.63, 3.8) is 0 Å². The maximum Gasteiger partial charge on any atom is 0.260 e. The maximum absolute atomic E-state index is 13.7. The molecule has 0 N–H and O–H groups in total. The fraction of sp³-hybridized carbons (Fsp3) is 0.417. The molecule has 0 fully saturated rings. The van der Waals surface area contributed by atoms with Crippen LogP contribution in [0.25, 0.3) is 0 Å². The molecule has 1 aromatic rings. The summed E-state index contributed by atoms with van der Waals surface area (Å²) < 4.78 is 18.7. The molecule has 0 bridgehead atoms. The average molecular weight is 260 g/mol. The Morgan fingerprint density at radius 1 is 1.53 bits per heavy atom. The SMILES string of the molecule is CCN(CCCl)C(=O)c1c(F)cccc1OC. The lowest BCUT2D eigenvalue weighted by Crippen LogP contribution is -2.33. The van der Waals surface area contributed by atoms with E-state index < -0.39 is 11.7 Å². The molecule has 1 rings (SSSR count). The van der Waals surface area contributed by atoms with Crippen LogP contribution in [0.2, 0.25) is 0 Å². The monoisotopic (exact) mass is 259 g/mol. The lowest BCUT2D eigenvalue weighted by Gasteiger charge is -2.21. The van der Waals surface area contributed by atoms with Gasteiger partial charge in [0.25, 0.3) is 5.91 Å². The molecule has 17 heavy (non-hydrogen) atoms. The second-order valence-corrected chi connectivity index (χ2v) is 3.77. The molecular weight excluding hydrogens is 245 g/mol. The van der Waals surface area contributed by atoms with E-state index in [-0.39, 0.29) is 11.3 Å². The first-order valence-electron chi connectivity index (χ1n) is 5.33. The van der Waals surface area contributed by atoms with Gasteiger partial charge in [0.15, 0.2) is 0 Å². The van der Waals surface area contributed by atoms with Gasteiger partial charge in [-0.25, -0.2) is 4.39 Å². The van der Waals surface area contributed by atoms with Crippen LogP contribution in [0.1, 0.15) is 17.3 Å². The van der Waals surface area contributed by atoms with Crippen LogP contribution in [-0.2, 0) is 0 Å². The minimum atomic E-state index is -0.581. The molecule has 3 nitrogen and oxygen atoms in total. The Kier molecular flexibility index (Phi) is 5.22. The molecule has 0 aromatic heterocycles. The summed E-state index contributed by atoms with van der Waals surface area (Å²) in [5.41, 5.74) is -0.0398. The predicted molar refractivity (Wildman–Crippen MR) is 65.2 cm³/mol. The van der Waals surface area contributed by atoms with Gasteiger partial charge in [-0.05, 0) is 19.1 Å². The number of halogens is 2. The van der Waals surface area contributed by atoms with Crippen LogP contribution in [0.5, 0.6) is 5.75 Å². The smallest absolute Gasteiger partial charge is 0.260 e. The Hall–Kier alpha value is -1.29. The van der Waals surface area contributed by atoms with Crippen LogP contribution in [0.3, 0.4) is 0 Å². The Balaban J connectivity index is 3.09.